The van der Waals surface area contributed by atoms with Gasteiger partial charge in [0.2, 0.25) is 0 Å². The number of hydrogen-bond donors (Lipinski definition) is 1. The van der Waals surface area contributed by atoms with Crippen LogP contribution in [0.3, 0.4) is 0 Å². The zero-order valence-corrected chi connectivity index (χ0v) is 17.3. The molecule has 30 heavy (non-hydrogen) atoms. The van der Waals surface area contributed by atoms with Crippen molar-refractivity contribution in [2.75, 3.05) is 19.6 Å². The lowest BCUT2D eigenvalue weighted by Gasteiger charge is -2.35. The van der Waals surface area contributed by atoms with E-state index < -0.39 is 0 Å². The minimum absolute atomic E-state index is 0.0792. The fourth-order valence-corrected chi connectivity index (χ4v) is 4.11. The Balaban J connectivity index is 1.40. The minimum Gasteiger partial charge on any atom is -0.349 e. The van der Waals surface area contributed by atoms with Gasteiger partial charge in [-0.1, -0.05) is 30.7 Å². The Morgan fingerprint density at radius 3 is 2.90 bits per heavy atom. The molecule has 1 aliphatic rings. The van der Waals surface area contributed by atoms with Crippen LogP contribution < -0.4 is 10.9 Å². The molecule has 3 heterocycles. The Morgan fingerprint density at radius 1 is 1.13 bits per heavy atom. The molecule has 7 heteroatoms. The van der Waals surface area contributed by atoms with Crippen molar-refractivity contribution in [2.24, 2.45) is 0 Å². The lowest BCUT2D eigenvalue weighted by atomic mass is 10.0. The predicted molar refractivity (Wildman–Crippen MR) is 117 cm³/mol. The minimum atomic E-state index is -0.145. The number of hydrogen-bond acceptors (Lipinski definition) is 5. The SMILES string of the molecule is Cc1ccc(=O)n(CCN2CCCCC2CNC(=O)c2nccc3ccccc23)n1. The number of nitrogens with zero attached hydrogens (tertiary/aromatic N) is 4. The van der Waals surface area contributed by atoms with E-state index in [2.05, 4.69) is 20.3 Å². The largest absolute Gasteiger partial charge is 0.349 e. The van der Waals surface area contributed by atoms with Gasteiger partial charge in [0.25, 0.3) is 11.5 Å². The first-order chi connectivity index (χ1) is 14.6. The summed E-state index contributed by atoms with van der Waals surface area (Å²) in [5.41, 5.74) is 1.22. The van der Waals surface area contributed by atoms with Gasteiger partial charge >= 0.3 is 0 Å². The monoisotopic (exact) mass is 405 g/mol. The van der Waals surface area contributed by atoms with Crippen molar-refractivity contribution in [3.8, 4) is 0 Å². The van der Waals surface area contributed by atoms with Crippen LogP contribution >= 0.6 is 0 Å². The number of likely N-dealkylation sites (tertiary alicyclic amines) is 1. The van der Waals surface area contributed by atoms with Crippen molar-refractivity contribution in [1.29, 1.82) is 0 Å². The van der Waals surface area contributed by atoms with Crippen LogP contribution in [0.5, 0.6) is 0 Å². The van der Waals surface area contributed by atoms with Crippen molar-refractivity contribution in [3.63, 3.8) is 0 Å². The second-order valence-corrected chi connectivity index (χ2v) is 7.81. The molecular weight excluding hydrogens is 378 g/mol. The molecule has 1 aliphatic heterocycles. The van der Waals surface area contributed by atoms with E-state index >= 15 is 0 Å². The molecule has 2 aromatic heterocycles. The third kappa shape index (κ3) is 4.57. The molecule has 156 valence electrons. The molecule has 3 aromatic rings. The average molecular weight is 406 g/mol. The Hall–Kier alpha value is -3.06. The van der Waals surface area contributed by atoms with Gasteiger partial charge in [-0.3, -0.25) is 19.5 Å². The normalized spacial score (nSPS) is 17.2. The third-order valence-electron chi connectivity index (χ3n) is 5.74. The maximum atomic E-state index is 12.8. The Kier molecular flexibility index (Phi) is 6.18. The Labute approximate surface area is 175 Å². The van der Waals surface area contributed by atoms with E-state index in [9.17, 15) is 9.59 Å². The molecule has 4 rings (SSSR count). The molecule has 0 spiro atoms. The standard InChI is InChI=1S/C23H27N5O2/c1-17-9-10-21(29)28(26-17)15-14-27-13-5-4-7-19(27)16-25-23(30)22-20-8-3-2-6-18(20)11-12-24-22/h2-3,6,8-12,19H,4-5,7,13-16H2,1H3,(H,25,30). The average Bonchev–Trinajstić information content (AvgIpc) is 2.78. The number of pyridine rings is 1. The van der Waals surface area contributed by atoms with Gasteiger partial charge < -0.3 is 5.32 Å². The van der Waals surface area contributed by atoms with Crippen molar-refractivity contribution in [1.82, 2.24) is 25.0 Å². The molecule has 0 saturated carbocycles. The van der Waals surface area contributed by atoms with Gasteiger partial charge in [0, 0.05) is 36.8 Å². The van der Waals surface area contributed by atoms with Gasteiger partial charge in [-0.05, 0) is 43.8 Å². The summed E-state index contributed by atoms with van der Waals surface area (Å²) in [6, 6.07) is 13.2. The maximum Gasteiger partial charge on any atom is 0.270 e. The molecule has 0 aliphatic carbocycles. The van der Waals surface area contributed by atoms with Gasteiger partial charge in [-0.2, -0.15) is 5.10 Å². The van der Waals surface area contributed by atoms with Crippen molar-refractivity contribution >= 4 is 16.7 Å². The van der Waals surface area contributed by atoms with Crippen LogP contribution in [0.15, 0.2) is 53.5 Å². The number of amides is 1. The highest BCUT2D eigenvalue weighted by Crippen LogP contribution is 2.18. The van der Waals surface area contributed by atoms with E-state index in [0.717, 1.165) is 48.8 Å². The van der Waals surface area contributed by atoms with Crippen LogP contribution in [0, 0.1) is 6.92 Å². The van der Waals surface area contributed by atoms with Gasteiger partial charge in [-0.25, -0.2) is 4.68 Å². The molecule has 1 unspecified atom stereocenters. The fraction of sp³-hybridized carbons (Fsp3) is 0.391. The number of carbonyl (C=O) groups excluding carboxylic acids is 1. The van der Waals surface area contributed by atoms with Gasteiger partial charge in [-0.15, -0.1) is 0 Å². The van der Waals surface area contributed by atoms with Crippen LogP contribution in [-0.2, 0) is 6.54 Å². The van der Waals surface area contributed by atoms with Crippen LogP contribution in [0.25, 0.3) is 10.8 Å². The van der Waals surface area contributed by atoms with Crippen molar-refractivity contribution < 1.29 is 4.79 Å². The highest BCUT2D eigenvalue weighted by Gasteiger charge is 2.23. The molecule has 1 saturated heterocycles. The highest BCUT2D eigenvalue weighted by atomic mass is 16.2. The smallest absolute Gasteiger partial charge is 0.270 e. The molecular formula is C23H27N5O2. The van der Waals surface area contributed by atoms with E-state index in [-0.39, 0.29) is 17.5 Å². The van der Waals surface area contributed by atoms with Crippen LogP contribution in [-0.4, -0.2) is 51.2 Å². The number of fused-ring (bicyclic) bond motifs is 1. The quantitative estimate of drug-likeness (QED) is 0.681. The molecule has 1 amide bonds. The number of nitrogens with one attached hydrogen (secondary N) is 1. The zero-order valence-electron chi connectivity index (χ0n) is 17.3. The number of carbonyl (C=O) groups is 1. The van der Waals surface area contributed by atoms with Crippen molar-refractivity contribution in [3.05, 3.63) is 70.4 Å². The first-order valence-corrected chi connectivity index (χ1v) is 10.5. The summed E-state index contributed by atoms with van der Waals surface area (Å²) < 4.78 is 1.53. The van der Waals surface area contributed by atoms with Crippen LogP contribution in [0.2, 0.25) is 0 Å². The number of piperidine rings is 1. The summed E-state index contributed by atoms with van der Waals surface area (Å²) in [6.07, 6.45) is 4.98. The lowest BCUT2D eigenvalue weighted by Crippen LogP contribution is -2.48. The van der Waals surface area contributed by atoms with Crippen LogP contribution in [0.4, 0.5) is 0 Å². The maximum absolute atomic E-state index is 12.8. The van der Waals surface area contributed by atoms with E-state index in [1.807, 2.05) is 37.3 Å². The second-order valence-electron chi connectivity index (χ2n) is 7.81. The molecule has 1 atom stereocenters. The van der Waals surface area contributed by atoms with E-state index in [0.29, 0.717) is 18.8 Å². The summed E-state index contributed by atoms with van der Waals surface area (Å²) in [5, 5.41) is 9.28. The lowest BCUT2D eigenvalue weighted by molar-refractivity contribution is 0.0906. The zero-order chi connectivity index (χ0) is 20.9. The number of aromatic nitrogens is 3. The first kappa shape index (κ1) is 20.2. The topological polar surface area (TPSA) is 80.1 Å². The molecule has 0 bridgehead atoms. The van der Waals surface area contributed by atoms with Gasteiger partial charge in [0.05, 0.1) is 12.2 Å². The van der Waals surface area contributed by atoms with Gasteiger partial charge in [0.15, 0.2) is 0 Å². The van der Waals surface area contributed by atoms with Gasteiger partial charge in [0.1, 0.15) is 5.69 Å². The Bertz CT molecular complexity index is 1090. The first-order valence-electron chi connectivity index (χ1n) is 10.5. The summed E-state index contributed by atoms with van der Waals surface area (Å²) in [7, 11) is 0. The predicted octanol–water partition coefficient (Wildman–Crippen LogP) is 2.38. The molecule has 7 nitrogen and oxygen atoms in total. The summed E-state index contributed by atoms with van der Waals surface area (Å²) >= 11 is 0. The van der Waals surface area contributed by atoms with E-state index in [4.69, 9.17) is 0 Å². The van der Waals surface area contributed by atoms with E-state index in [1.54, 1.807) is 18.3 Å². The number of rotatable bonds is 6. The molecule has 0 radical (unpaired) electrons. The van der Waals surface area contributed by atoms with Crippen molar-refractivity contribution in [2.45, 2.75) is 38.8 Å². The summed E-state index contributed by atoms with van der Waals surface area (Å²) in [4.78, 5) is 31.5. The fourth-order valence-electron chi connectivity index (χ4n) is 4.11. The van der Waals surface area contributed by atoms with E-state index in [1.165, 1.54) is 4.68 Å². The highest BCUT2D eigenvalue weighted by molar-refractivity contribution is 6.05. The molecule has 1 fully saturated rings. The summed E-state index contributed by atoms with van der Waals surface area (Å²) in [5.74, 6) is -0.145. The Morgan fingerprint density at radius 2 is 2.00 bits per heavy atom. The van der Waals surface area contributed by atoms with Crippen LogP contribution in [0.1, 0.15) is 35.4 Å². The number of benzene rings is 1. The molecule has 1 N–H and O–H groups in total. The number of aryl methyl sites for hydroxylation is 1. The third-order valence-corrected chi connectivity index (χ3v) is 5.74. The molecule has 1 aromatic carbocycles. The second kappa shape index (κ2) is 9.17. The summed E-state index contributed by atoms with van der Waals surface area (Å²) in [6.45, 7) is 4.71.